The van der Waals surface area contributed by atoms with Crippen LogP contribution in [0.1, 0.15) is 38.8 Å². The zero-order valence-electron chi connectivity index (χ0n) is 12.4. The van der Waals surface area contributed by atoms with Gasteiger partial charge in [0.05, 0.1) is 0 Å². The Hall–Kier alpha value is -1.42. The maximum atomic E-state index is 12.9. The molecule has 1 amide bonds. The van der Waals surface area contributed by atoms with E-state index in [0.717, 1.165) is 12.1 Å². The number of rotatable bonds is 3. The van der Waals surface area contributed by atoms with Crippen molar-refractivity contribution in [2.24, 2.45) is 17.1 Å². The molecular formula is C16H23FN2O. The molecule has 0 aromatic heterocycles. The van der Waals surface area contributed by atoms with Crippen LogP contribution in [-0.2, 0) is 4.79 Å². The van der Waals surface area contributed by atoms with Gasteiger partial charge < -0.3 is 10.6 Å². The van der Waals surface area contributed by atoms with Crippen LogP contribution in [0.3, 0.4) is 0 Å². The van der Waals surface area contributed by atoms with Crippen molar-refractivity contribution in [2.45, 2.75) is 33.2 Å². The average molecular weight is 278 g/mol. The molecule has 2 rings (SSSR count). The van der Waals surface area contributed by atoms with E-state index in [4.69, 9.17) is 5.73 Å². The van der Waals surface area contributed by atoms with Gasteiger partial charge in [-0.15, -0.1) is 0 Å². The fourth-order valence-corrected chi connectivity index (χ4v) is 2.58. The predicted octanol–water partition coefficient (Wildman–Crippen LogP) is 2.72. The Labute approximate surface area is 120 Å². The monoisotopic (exact) mass is 278 g/mol. The van der Waals surface area contributed by atoms with Gasteiger partial charge in [-0.25, -0.2) is 4.39 Å². The van der Waals surface area contributed by atoms with Gasteiger partial charge in [0.25, 0.3) is 0 Å². The Kier molecular flexibility index (Phi) is 4.14. The molecule has 1 aromatic rings. The molecule has 3 nitrogen and oxygen atoms in total. The molecule has 110 valence electrons. The summed E-state index contributed by atoms with van der Waals surface area (Å²) in [5.41, 5.74) is 7.11. The molecule has 2 unspecified atom stereocenters. The molecule has 2 N–H and O–H groups in total. The summed E-state index contributed by atoms with van der Waals surface area (Å²) in [7, 11) is 0. The minimum Gasteiger partial charge on any atom is -0.340 e. The van der Waals surface area contributed by atoms with E-state index in [1.807, 2.05) is 4.90 Å². The second-order valence-corrected chi connectivity index (χ2v) is 6.72. The minimum atomic E-state index is -0.272. The third-order valence-corrected chi connectivity index (χ3v) is 4.15. The highest BCUT2D eigenvalue weighted by Gasteiger charge is 2.37. The second-order valence-electron chi connectivity index (χ2n) is 6.72. The van der Waals surface area contributed by atoms with Crippen molar-refractivity contribution in [3.05, 3.63) is 35.6 Å². The van der Waals surface area contributed by atoms with Crippen LogP contribution in [0.5, 0.6) is 0 Å². The molecule has 2 atom stereocenters. The van der Waals surface area contributed by atoms with Crippen LogP contribution < -0.4 is 5.73 Å². The second kappa shape index (κ2) is 5.52. The quantitative estimate of drug-likeness (QED) is 0.924. The fraction of sp³-hybridized carbons (Fsp3) is 0.562. The summed E-state index contributed by atoms with van der Waals surface area (Å²) in [6, 6.07) is 5.90. The highest BCUT2D eigenvalue weighted by atomic mass is 19.1. The van der Waals surface area contributed by atoms with Gasteiger partial charge >= 0.3 is 0 Å². The Morgan fingerprint density at radius 1 is 1.35 bits per heavy atom. The summed E-state index contributed by atoms with van der Waals surface area (Å²) in [6.45, 7) is 7.74. The van der Waals surface area contributed by atoms with Crippen molar-refractivity contribution in [3.63, 3.8) is 0 Å². The Bertz CT molecular complexity index is 478. The molecule has 1 aromatic carbocycles. The van der Waals surface area contributed by atoms with Gasteiger partial charge in [-0.3, -0.25) is 4.79 Å². The number of likely N-dealkylation sites (tertiary alicyclic amines) is 1. The number of hydrogen-bond donors (Lipinski definition) is 1. The van der Waals surface area contributed by atoms with Crippen molar-refractivity contribution in [1.29, 1.82) is 0 Å². The molecule has 4 heteroatoms. The Morgan fingerprint density at radius 3 is 2.45 bits per heavy atom. The van der Waals surface area contributed by atoms with E-state index in [0.29, 0.717) is 18.9 Å². The van der Waals surface area contributed by atoms with Crippen LogP contribution in [0.4, 0.5) is 4.39 Å². The number of amides is 1. The van der Waals surface area contributed by atoms with E-state index in [2.05, 4.69) is 20.8 Å². The SMILES string of the molecule is CC(C)(C)C1CC(=O)N(CC(N)c2ccc(F)cc2)C1. The molecule has 0 aliphatic carbocycles. The van der Waals surface area contributed by atoms with E-state index < -0.39 is 0 Å². The van der Waals surface area contributed by atoms with Gasteiger partial charge in [0.15, 0.2) is 0 Å². The van der Waals surface area contributed by atoms with E-state index in [9.17, 15) is 9.18 Å². The molecule has 1 heterocycles. The lowest BCUT2D eigenvalue weighted by atomic mass is 9.80. The summed E-state index contributed by atoms with van der Waals surface area (Å²) in [6.07, 6.45) is 0.597. The molecule has 1 fully saturated rings. The predicted molar refractivity (Wildman–Crippen MR) is 77.5 cm³/mol. The molecule has 20 heavy (non-hydrogen) atoms. The third kappa shape index (κ3) is 3.37. The number of carbonyl (C=O) groups excluding carboxylic acids is 1. The maximum absolute atomic E-state index is 12.9. The van der Waals surface area contributed by atoms with Crippen molar-refractivity contribution in [3.8, 4) is 0 Å². The summed E-state index contributed by atoms with van der Waals surface area (Å²) >= 11 is 0. The number of benzene rings is 1. The Morgan fingerprint density at radius 2 is 1.95 bits per heavy atom. The van der Waals surface area contributed by atoms with Crippen LogP contribution >= 0.6 is 0 Å². The van der Waals surface area contributed by atoms with Crippen LogP contribution in [0, 0.1) is 17.2 Å². The summed E-state index contributed by atoms with van der Waals surface area (Å²) in [5, 5.41) is 0. The maximum Gasteiger partial charge on any atom is 0.223 e. The lowest BCUT2D eigenvalue weighted by Gasteiger charge is -2.27. The smallest absolute Gasteiger partial charge is 0.223 e. The first kappa shape index (κ1) is 15.0. The van der Waals surface area contributed by atoms with Gasteiger partial charge in [-0.1, -0.05) is 32.9 Å². The molecule has 1 aliphatic heterocycles. The topological polar surface area (TPSA) is 46.3 Å². The zero-order valence-corrected chi connectivity index (χ0v) is 12.4. The third-order valence-electron chi connectivity index (χ3n) is 4.15. The van der Waals surface area contributed by atoms with E-state index in [1.54, 1.807) is 12.1 Å². The van der Waals surface area contributed by atoms with E-state index >= 15 is 0 Å². The number of carbonyl (C=O) groups is 1. The number of nitrogens with zero attached hydrogens (tertiary/aromatic N) is 1. The van der Waals surface area contributed by atoms with Crippen molar-refractivity contribution >= 4 is 5.91 Å². The standard InChI is InChI=1S/C16H23FN2O/c1-16(2,3)12-8-15(20)19(9-12)10-14(18)11-4-6-13(17)7-5-11/h4-7,12,14H,8-10,18H2,1-3H3. The molecule has 0 radical (unpaired) electrons. The van der Waals surface area contributed by atoms with Crippen molar-refractivity contribution in [1.82, 2.24) is 4.90 Å². The number of hydrogen-bond acceptors (Lipinski definition) is 2. The largest absolute Gasteiger partial charge is 0.340 e. The first-order chi connectivity index (χ1) is 9.27. The molecular weight excluding hydrogens is 255 g/mol. The number of halogens is 1. The van der Waals surface area contributed by atoms with Crippen LogP contribution in [0.25, 0.3) is 0 Å². The summed E-state index contributed by atoms with van der Waals surface area (Å²) < 4.78 is 12.9. The van der Waals surface area contributed by atoms with Gasteiger partial charge in [0.1, 0.15) is 5.82 Å². The summed E-state index contributed by atoms with van der Waals surface area (Å²) in [5.74, 6) is 0.267. The van der Waals surface area contributed by atoms with E-state index in [-0.39, 0.29) is 23.2 Å². The number of nitrogens with two attached hydrogens (primary N) is 1. The minimum absolute atomic E-state index is 0.129. The Balaban J connectivity index is 2.00. The lowest BCUT2D eigenvalue weighted by Crippen LogP contribution is -2.34. The molecule has 0 spiro atoms. The van der Waals surface area contributed by atoms with Crippen LogP contribution in [0.2, 0.25) is 0 Å². The zero-order chi connectivity index (χ0) is 14.9. The van der Waals surface area contributed by atoms with Crippen LogP contribution in [-0.4, -0.2) is 23.9 Å². The van der Waals surface area contributed by atoms with E-state index in [1.165, 1.54) is 12.1 Å². The molecule has 1 aliphatic rings. The van der Waals surface area contributed by atoms with Gasteiger partial charge in [-0.2, -0.15) is 0 Å². The van der Waals surface area contributed by atoms with Gasteiger partial charge in [0.2, 0.25) is 5.91 Å². The molecule has 0 bridgehead atoms. The fourth-order valence-electron chi connectivity index (χ4n) is 2.58. The highest BCUT2D eigenvalue weighted by Crippen LogP contribution is 2.34. The van der Waals surface area contributed by atoms with Crippen molar-refractivity contribution in [2.75, 3.05) is 13.1 Å². The highest BCUT2D eigenvalue weighted by molar-refractivity contribution is 5.78. The average Bonchev–Trinajstić information content (AvgIpc) is 2.71. The summed E-state index contributed by atoms with van der Waals surface area (Å²) in [4.78, 5) is 13.9. The first-order valence-corrected chi connectivity index (χ1v) is 7.06. The van der Waals surface area contributed by atoms with Gasteiger partial charge in [0, 0.05) is 25.6 Å². The first-order valence-electron chi connectivity index (χ1n) is 7.06. The molecule has 0 saturated carbocycles. The normalized spacial score (nSPS) is 21.4. The van der Waals surface area contributed by atoms with Gasteiger partial charge in [-0.05, 0) is 29.0 Å². The lowest BCUT2D eigenvalue weighted by molar-refractivity contribution is -0.128. The van der Waals surface area contributed by atoms with Crippen molar-refractivity contribution < 1.29 is 9.18 Å². The molecule has 1 saturated heterocycles. The van der Waals surface area contributed by atoms with Crippen LogP contribution in [0.15, 0.2) is 24.3 Å².